The van der Waals surface area contributed by atoms with Crippen molar-refractivity contribution in [2.45, 2.75) is 13.3 Å². The first-order valence-corrected chi connectivity index (χ1v) is 6.26. The predicted molar refractivity (Wildman–Crippen MR) is 81.4 cm³/mol. The molecule has 0 N–H and O–H groups in total. The van der Waals surface area contributed by atoms with Crippen LogP contribution in [-0.4, -0.2) is 0 Å². The summed E-state index contributed by atoms with van der Waals surface area (Å²) in [6.45, 7) is 9.85. The van der Waals surface area contributed by atoms with Crippen LogP contribution in [0.25, 0.3) is 23.3 Å². The van der Waals surface area contributed by atoms with Gasteiger partial charge in [0.05, 0.1) is 0 Å². The standard InChI is InChI=1S/C18H18/c1-4-14-8-7-9-17(12-14)18-13-15(5-2)10-11-16(18)6-3/h4-5,7-13H,1-2,6H2,3H3. The van der Waals surface area contributed by atoms with E-state index in [-0.39, 0.29) is 0 Å². The lowest BCUT2D eigenvalue weighted by Crippen LogP contribution is -1.89. The summed E-state index contributed by atoms with van der Waals surface area (Å²) in [4.78, 5) is 0. The van der Waals surface area contributed by atoms with Crippen molar-refractivity contribution in [2.75, 3.05) is 0 Å². The van der Waals surface area contributed by atoms with Crippen LogP contribution in [0.4, 0.5) is 0 Å². The minimum absolute atomic E-state index is 1.03. The molecule has 0 heterocycles. The van der Waals surface area contributed by atoms with E-state index < -0.39 is 0 Å². The Morgan fingerprint density at radius 2 is 1.67 bits per heavy atom. The summed E-state index contributed by atoms with van der Waals surface area (Å²) >= 11 is 0. The van der Waals surface area contributed by atoms with Gasteiger partial charge in [0.15, 0.2) is 0 Å². The van der Waals surface area contributed by atoms with Crippen LogP contribution in [-0.2, 0) is 6.42 Å². The first kappa shape index (κ1) is 12.4. The van der Waals surface area contributed by atoms with E-state index in [4.69, 9.17) is 0 Å². The molecule has 0 amide bonds. The van der Waals surface area contributed by atoms with Crippen LogP contribution < -0.4 is 0 Å². The second kappa shape index (κ2) is 5.50. The van der Waals surface area contributed by atoms with Crippen molar-refractivity contribution < 1.29 is 0 Å². The number of aryl methyl sites for hydroxylation is 1. The molecule has 0 unspecified atom stereocenters. The molecule has 2 rings (SSSR count). The Morgan fingerprint density at radius 1 is 0.944 bits per heavy atom. The fourth-order valence-corrected chi connectivity index (χ4v) is 2.13. The fraction of sp³-hybridized carbons (Fsp3) is 0.111. The molecule has 0 aliphatic carbocycles. The zero-order valence-electron chi connectivity index (χ0n) is 10.8. The van der Waals surface area contributed by atoms with E-state index in [9.17, 15) is 0 Å². The highest BCUT2D eigenvalue weighted by Crippen LogP contribution is 2.27. The van der Waals surface area contributed by atoms with Crippen LogP contribution >= 0.6 is 0 Å². The van der Waals surface area contributed by atoms with Gasteiger partial charge >= 0.3 is 0 Å². The second-order valence-electron chi connectivity index (χ2n) is 4.30. The Balaban J connectivity index is 2.59. The van der Waals surface area contributed by atoms with E-state index in [1.54, 1.807) is 0 Å². The molecular formula is C18H18. The topological polar surface area (TPSA) is 0 Å². The highest BCUT2D eigenvalue weighted by atomic mass is 14.1. The van der Waals surface area contributed by atoms with Gasteiger partial charge in [-0.25, -0.2) is 0 Å². The molecule has 0 aromatic heterocycles. The Hall–Kier alpha value is -2.08. The van der Waals surface area contributed by atoms with Crippen LogP contribution in [0.2, 0.25) is 0 Å². The largest absolute Gasteiger partial charge is 0.0985 e. The third kappa shape index (κ3) is 2.43. The summed E-state index contributed by atoms with van der Waals surface area (Å²) in [6, 6.07) is 15.0. The highest BCUT2D eigenvalue weighted by Gasteiger charge is 2.04. The van der Waals surface area contributed by atoms with Gasteiger partial charge in [-0.1, -0.05) is 62.6 Å². The van der Waals surface area contributed by atoms with Crippen LogP contribution in [0.15, 0.2) is 55.6 Å². The average Bonchev–Trinajstić information content (AvgIpc) is 2.46. The normalized spacial score (nSPS) is 10.1. The maximum atomic E-state index is 3.84. The minimum Gasteiger partial charge on any atom is -0.0985 e. The molecule has 2 aromatic carbocycles. The molecule has 0 nitrogen and oxygen atoms in total. The summed E-state index contributed by atoms with van der Waals surface area (Å²) in [5.74, 6) is 0. The van der Waals surface area contributed by atoms with Crippen molar-refractivity contribution in [1.29, 1.82) is 0 Å². The predicted octanol–water partition coefficient (Wildman–Crippen LogP) is 5.20. The first-order chi connectivity index (χ1) is 8.78. The molecule has 0 saturated heterocycles. The number of rotatable bonds is 4. The van der Waals surface area contributed by atoms with Crippen molar-refractivity contribution in [2.24, 2.45) is 0 Å². The minimum atomic E-state index is 1.03. The van der Waals surface area contributed by atoms with Crippen molar-refractivity contribution >= 4 is 12.2 Å². The van der Waals surface area contributed by atoms with Gasteiger partial charge in [-0.15, -0.1) is 0 Å². The molecule has 0 aliphatic heterocycles. The van der Waals surface area contributed by atoms with E-state index in [2.05, 4.69) is 62.5 Å². The first-order valence-electron chi connectivity index (χ1n) is 6.26. The van der Waals surface area contributed by atoms with Gasteiger partial charge in [0.2, 0.25) is 0 Å². The molecule has 0 heteroatoms. The zero-order valence-corrected chi connectivity index (χ0v) is 10.8. The van der Waals surface area contributed by atoms with Crippen molar-refractivity contribution in [3.8, 4) is 11.1 Å². The summed E-state index contributed by atoms with van der Waals surface area (Å²) < 4.78 is 0. The molecule has 0 bridgehead atoms. The fourth-order valence-electron chi connectivity index (χ4n) is 2.13. The van der Waals surface area contributed by atoms with E-state index in [0.717, 1.165) is 17.5 Å². The second-order valence-corrected chi connectivity index (χ2v) is 4.30. The molecule has 90 valence electrons. The van der Waals surface area contributed by atoms with Gasteiger partial charge in [-0.05, 0) is 46.4 Å². The Morgan fingerprint density at radius 3 is 2.33 bits per heavy atom. The summed E-state index contributed by atoms with van der Waals surface area (Å²) in [7, 11) is 0. The average molecular weight is 234 g/mol. The zero-order chi connectivity index (χ0) is 13.0. The van der Waals surface area contributed by atoms with E-state index >= 15 is 0 Å². The van der Waals surface area contributed by atoms with Crippen LogP contribution in [0, 0.1) is 0 Å². The van der Waals surface area contributed by atoms with Crippen molar-refractivity contribution in [3.05, 3.63) is 72.3 Å². The third-order valence-electron chi connectivity index (χ3n) is 3.18. The molecule has 0 aliphatic rings. The lowest BCUT2D eigenvalue weighted by Gasteiger charge is -2.10. The van der Waals surface area contributed by atoms with Gasteiger partial charge in [-0.2, -0.15) is 0 Å². The van der Waals surface area contributed by atoms with Gasteiger partial charge in [-0.3, -0.25) is 0 Å². The summed E-state index contributed by atoms with van der Waals surface area (Å²) in [5.41, 5.74) is 6.21. The van der Waals surface area contributed by atoms with Crippen LogP contribution in [0.5, 0.6) is 0 Å². The third-order valence-corrected chi connectivity index (χ3v) is 3.18. The molecule has 0 saturated carbocycles. The maximum absolute atomic E-state index is 3.84. The molecule has 0 atom stereocenters. The van der Waals surface area contributed by atoms with E-state index in [1.807, 2.05) is 12.2 Å². The molecular weight excluding hydrogens is 216 g/mol. The Bertz CT molecular complexity index is 576. The molecule has 0 radical (unpaired) electrons. The van der Waals surface area contributed by atoms with Crippen molar-refractivity contribution in [1.82, 2.24) is 0 Å². The SMILES string of the molecule is C=Cc1cccc(-c2cc(C=C)ccc2CC)c1. The van der Waals surface area contributed by atoms with Gasteiger partial charge in [0, 0.05) is 0 Å². The molecule has 0 fully saturated rings. The van der Waals surface area contributed by atoms with Crippen LogP contribution in [0.3, 0.4) is 0 Å². The number of hydrogen-bond acceptors (Lipinski definition) is 0. The lowest BCUT2D eigenvalue weighted by atomic mass is 9.95. The van der Waals surface area contributed by atoms with Crippen molar-refractivity contribution in [3.63, 3.8) is 0 Å². The Kier molecular flexibility index (Phi) is 3.78. The summed E-state index contributed by atoms with van der Waals surface area (Å²) in [6.07, 6.45) is 4.80. The van der Waals surface area contributed by atoms with E-state index in [1.165, 1.54) is 16.7 Å². The number of benzene rings is 2. The molecule has 2 aromatic rings. The lowest BCUT2D eigenvalue weighted by molar-refractivity contribution is 1.14. The van der Waals surface area contributed by atoms with Crippen LogP contribution in [0.1, 0.15) is 23.6 Å². The molecule has 18 heavy (non-hydrogen) atoms. The highest BCUT2D eigenvalue weighted by molar-refractivity contribution is 5.72. The smallest absolute Gasteiger partial charge is 0.0146 e. The van der Waals surface area contributed by atoms with Gasteiger partial charge < -0.3 is 0 Å². The quantitative estimate of drug-likeness (QED) is 0.682. The maximum Gasteiger partial charge on any atom is -0.0146 e. The Labute approximate surface area is 109 Å². The van der Waals surface area contributed by atoms with Gasteiger partial charge in [0.25, 0.3) is 0 Å². The van der Waals surface area contributed by atoms with Gasteiger partial charge in [0.1, 0.15) is 0 Å². The summed E-state index contributed by atoms with van der Waals surface area (Å²) in [5, 5.41) is 0. The van der Waals surface area contributed by atoms with E-state index in [0.29, 0.717) is 0 Å². The molecule has 0 spiro atoms. The number of hydrogen-bond donors (Lipinski definition) is 0. The monoisotopic (exact) mass is 234 g/mol.